The van der Waals surface area contributed by atoms with E-state index in [-0.39, 0.29) is 23.8 Å². The van der Waals surface area contributed by atoms with Crippen LogP contribution in [0.4, 0.5) is 0 Å². The number of benzene rings is 1. The number of nitrogens with one attached hydrogen (secondary N) is 1. The summed E-state index contributed by atoms with van der Waals surface area (Å²) in [7, 11) is 0. The van der Waals surface area contributed by atoms with Crippen molar-refractivity contribution in [1.29, 1.82) is 0 Å². The number of aliphatic carboxylic acids is 1. The fourth-order valence-corrected chi connectivity index (χ4v) is 2.98. The maximum absolute atomic E-state index is 12.7. The third kappa shape index (κ3) is 4.84. The highest BCUT2D eigenvalue weighted by molar-refractivity contribution is 5.98. The van der Waals surface area contributed by atoms with Crippen molar-refractivity contribution in [1.82, 2.24) is 10.2 Å². The molecule has 0 radical (unpaired) electrons. The number of carbonyl (C=O) groups is 3. The van der Waals surface area contributed by atoms with Crippen molar-refractivity contribution < 1.29 is 19.5 Å². The standard InChI is InChI=1S/C20H28N2O4/c1-19(2,3)12-21-16(23)14-6-8-15(9-7-14)17(24)22-11-5-10-20(4,13-22)18(25)26/h6-9H,5,10-13H2,1-4H3,(H,21,23)(H,25,26). The quantitative estimate of drug-likeness (QED) is 0.864. The summed E-state index contributed by atoms with van der Waals surface area (Å²) in [5.41, 5.74) is 0.0592. The van der Waals surface area contributed by atoms with Gasteiger partial charge in [-0.05, 0) is 49.4 Å². The Kier molecular flexibility index (Phi) is 5.74. The van der Waals surface area contributed by atoms with E-state index < -0.39 is 11.4 Å². The lowest BCUT2D eigenvalue weighted by molar-refractivity contribution is -0.150. The molecular weight excluding hydrogens is 332 g/mol. The van der Waals surface area contributed by atoms with Crippen LogP contribution in [0.5, 0.6) is 0 Å². The van der Waals surface area contributed by atoms with E-state index in [4.69, 9.17) is 0 Å². The number of carboxylic acids is 1. The lowest BCUT2D eigenvalue weighted by Gasteiger charge is -2.37. The molecule has 26 heavy (non-hydrogen) atoms. The van der Waals surface area contributed by atoms with E-state index in [1.807, 2.05) is 20.8 Å². The molecule has 1 aliphatic heterocycles. The van der Waals surface area contributed by atoms with Crippen LogP contribution >= 0.6 is 0 Å². The number of amides is 2. The Balaban J connectivity index is 2.04. The number of hydrogen-bond donors (Lipinski definition) is 2. The van der Waals surface area contributed by atoms with Gasteiger partial charge in [0, 0.05) is 30.8 Å². The van der Waals surface area contributed by atoms with E-state index in [2.05, 4.69) is 5.32 Å². The minimum absolute atomic E-state index is 0.00335. The number of rotatable bonds is 4. The fraction of sp³-hybridized carbons (Fsp3) is 0.550. The van der Waals surface area contributed by atoms with E-state index in [9.17, 15) is 19.5 Å². The molecule has 6 nitrogen and oxygen atoms in total. The Morgan fingerprint density at radius 1 is 1.15 bits per heavy atom. The van der Waals surface area contributed by atoms with Gasteiger partial charge in [-0.15, -0.1) is 0 Å². The summed E-state index contributed by atoms with van der Waals surface area (Å²) in [4.78, 5) is 37.9. The Morgan fingerprint density at radius 2 is 1.73 bits per heavy atom. The zero-order chi connectivity index (χ0) is 19.5. The molecule has 1 unspecified atom stereocenters. The van der Waals surface area contributed by atoms with Crippen molar-refractivity contribution in [3.8, 4) is 0 Å². The van der Waals surface area contributed by atoms with Crippen LogP contribution in [-0.4, -0.2) is 47.4 Å². The van der Waals surface area contributed by atoms with Crippen molar-refractivity contribution in [2.75, 3.05) is 19.6 Å². The van der Waals surface area contributed by atoms with E-state index in [0.29, 0.717) is 37.1 Å². The molecule has 1 aromatic carbocycles. The normalized spacial score (nSPS) is 20.5. The first-order chi connectivity index (χ1) is 12.0. The van der Waals surface area contributed by atoms with E-state index >= 15 is 0 Å². The summed E-state index contributed by atoms with van der Waals surface area (Å²) in [6.07, 6.45) is 1.24. The van der Waals surface area contributed by atoms with Crippen LogP contribution in [0.3, 0.4) is 0 Å². The van der Waals surface area contributed by atoms with Crippen molar-refractivity contribution >= 4 is 17.8 Å². The highest BCUT2D eigenvalue weighted by Crippen LogP contribution is 2.30. The molecule has 0 saturated carbocycles. The number of nitrogens with zero attached hydrogens (tertiary/aromatic N) is 1. The number of likely N-dealkylation sites (tertiary alicyclic amines) is 1. The molecular formula is C20H28N2O4. The summed E-state index contributed by atoms with van der Waals surface area (Å²) < 4.78 is 0. The van der Waals surface area contributed by atoms with E-state index in [0.717, 1.165) is 0 Å². The molecule has 1 saturated heterocycles. The number of piperidine rings is 1. The number of carboxylic acid groups (broad SMARTS) is 1. The summed E-state index contributed by atoms with van der Waals surface area (Å²) >= 11 is 0. The smallest absolute Gasteiger partial charge is 0.311 e. The largest absolute Gasteiger partial charge is 0.481 e. The lowest BCUT2D eigenvalue weighted by atomic mass is 9.82. The van der Waals surface area contributed by atoms with Gasteiger partial charge in [-0.2, -0.15) is 0 Å². The van der Waals surface area contributed by atoms with Crippen LogP contribution in [0.2, 0.25) is 0 Å². The van der Waals surface area contributed by atoms with Gasteiger partial charge < -0.3 is 15.3 Å². The average Bonchev–Trinajstić information content (AvgIpc) is 2.58. The Morgan fingerprint density at radius 3 is 2.27 bits per heavy atom. The highest BCUT2D eigenvalue weighted by Gasteiger charge is 2.39. The molecule has 0 aromatic heterocycles. The monoisotopic (exact) mass is 360 g/mol. The minimum Gasteiger partial charge on any atom is -0.481 e. The molecule has 6 heteroatoms. The van der Waals surface area contributed by atoms with Gasteiger partial charge in [0.1, 0.15) is 0 Å². The molecule has 0 bridgehead atoms. The average molecular weight is 360 g/mol. The first-order valence-corrected chi connectivity index (χ1v) is 8.93. The predicted molar refractivity (Wildman–Crippen MR) is 99.1 cm³/mol. The van der Waals surface area contributed by atoms with Gasteiger partial charge in [-0.1, -0.05) is 20.8 Å². The SMILES string of the molecule is CC(C)(C)CNC(=O)c1ccc(C(=O)N2CCCC(C)(C(=O)O)C2)cc1. The Labute approximate surface area is 154 Å². The third-order valence-corrected chi connectivity index (χ3v) is 4.67. The molecule has 1 heterocycles. The van der Waals surface area contributed by atoms with Gasteiger partial charge in [-0.25, -0.2) is 0 Å². The van der Waals surface area contributed by atoms with Gasteiger partial charge in [0.25, 0.3) is 11.8 Å². The van der Waals surface area contributed by atoms with Gasteiger partial charge >= 0.3 is 5.97 Å². The Bertz CT molecular complexity index is 691. The van der Waals surface area contributed by atoms with Gasteiger partial charge in [0.2, 0.25) is 0 Å². The maximum Gasteiger partial charge on any atom is 0.311 e. The number of carbonyl (C=O) groups excluding carboxylic acids is 2. The second-order valence-electron chi connectivity index (χ2n) is 8.52. The van der Waals surface area contributed by atoms with Crippen LogP contribution in [0.25, 0.3) is 0 Å². The van der Waals surface area contributed by atoms with Gasteiger partial charge in [0.15, 0.2) is 0 Å². The van der Waals surface area contributed by atoms with Gasteiger partial charge in [0.05, 0.1) is 5.41 Å². The molecule has 0 spiro atoms. The summed E-state index contributed by atoms with van der Waals surface area (Å²) in [6.45, 7) is 9.12. The van der Waals surface area contributed by atoms with Crippen LogP contribution in [0.1, 0.15) is 61.3 Å². The van der Waals surface area contributed by atoms with E-state index in [1.54, 1.807) is 36.1 Å². The van der Waals surface area contributed by atoms with Crippen molar-refractivity contribution in [2.45, 2.75) is 40.5 Å². The highest BCUT2D eigenvalue weighted by atomic mass is 16.4. The molecule has 2 rings (SSSR count). The molecule has 142 valence electrons. The molecule has 1 atom stereocenters. The molecule has 2 amide bonds. The predicted octanol–water partition coefficient (Wildman–Crippen LogP) is 2.79. The molecule has 2 N–H and O–H groups in total. The zero-order valence-electron chi connectivity index (χ0n) is 16.0. The lowest BCUT2D eigenvalue weighted by Crippen LogP contribution is -2.48. The maximum atomic E-state index is 12.7. The minimum atomic E-state index is -0.902. The van der Waals surface area contributed by atoms with Crippen LogP contribution in [-0.2, 0) is 4.79 Å². The first kappa shape index (κ1) is 19.9. The summed E-state index contributed by atoms with van der Waals surface area (Å²) in [6, 6.07) is 6.51. The molecule has 0 aliphatic carbocycles. The van der Waals surface area contributed by atoms with Gasteiger partial charge in [-0.3, -0.25) is 14.4 Å². The van der Waals surface area contributed by atoms with Crippen molar-refractivity contribution in [3.63, 3.8) is 0 Å². The zero-order valence-corrected chi connectivity index (χ0v) is 16.0. The topological polar surface area (TPSA) is 86.7 Å². The third-order valence-electron chi connectivity index (χ3n) is 4.67. The van der Waals surface area contributed by atoms with Crippen LogP contribution in [0.15, 0.2) is 24.3 Å². The number of hydrogen-bond acceptors (Lipinski definition) is 3. The van der Waals surface area contributed by atoms with Crippen LogP contribution in [0, 0.1) is 10.8 Å². The van der Waals surface area contributed by atoms with E-state index in [1.165, 1.54) is 0 Å². The first-order valence-electron chi connectivity index (χ1n) is 8.93. The second-order valence-corrected chi connectivity index (χ2v) is 8.52. The molecule has 1 aromatic rings. The molecule has 1 fully saturated rings. The second kappa shape index (κ2) is 7.48. The Hall–Kier alpha value is -2.37. The van der Waals surface area contributed by atoms with Crippen LogP contribution < -0.4 is 5.32 Å². The van der Waals surface area contributed by atoms with Crippen molar-refractivity contribution in [2.24, 2.45) is 10.8 Å². The summed E-state index contributed by atoms with van der Waals surface area (Å²) in [5, 5.41) is 12.3. The molecule has 1 aliphatic rings. The fourth-order valence-electron chi connectivity index (χ4n) is 2.98. The summed E-state index contributed by atoms with van der Waals surface area (Å²) in [5.74, 6) is -1.24. The van der Waals surface area contributed by atoms with Crippen molar-refractivity contribution in [3.05, 3.63) is 35.4 Å².